The lowest BCUT2D eigenvalue weighted by molar-refractivity contribution is -0.141. The van der Waals surface area contributed by atoms with Gasteiger partial charge < -0.3 is 9.30 Å². The van der Waals surface area contributed by atoms with Crippen LogP contribution >= 0.6 is 0 Å². The maximum Gasteiger partial charge on any atom is 0.326 e. The number of rotatable bonds is 11. The van der Waals surface area contributed by atoms with Crippen molar-refractivity contribution in [3.05, 3.63) is 101 Å². The zero-order chi connectivity index (χ0) is 28.0. The molecule has 0 bridgehead atoms. The van der Waals surface area contributed by atoms with E-state index in [4.69, 9.17) is 10.00 Å². The molecule has 3 aromatic carbocycles. The van der Waals surface area contributed by atoms with E-state index in [-0.39, 0.29) is 30.3 Å². The molecule has 0 fully saturated rings. The van der Waals surface area contributed by atoms with Gasteiger partial charge >= 0.3 is 5.97 Å². The van der Waals surface area contributed by atoms with Crippen LogP contribution in [0.1, 0.15) is 40.4 Å². The number of hydrogen-bond acceptors (Lipinski definition) is 6. The summed E-state index contributed by atoms with van der Waals surface area (Å²) in [6, 6.07) is 23.0. The molecule has 0 unspecified atom stereocenters. The molecule has 0 amide bonds. The number of fused-ring (bicyclic) bond motifs is 1. The van der Waals surface area contributed by atoms with E-state index < -0.39 is 22.5 Å². The fourth-order valence-corrected chi connectivity index (χ4v) is 5.94. The number of aryl methyl sites for hydroxylation is 2. The Morgan fingerprint density at radius 2 is 1.72 bits per heavy atom. The summed E-state index contributed by atoms with van der Waals surface area (Å²) >= 11 is 0. The van der Waals surface area contributed by atoms with Gasteiger partial charge in [-0.1, -0.05) is 42.5 Å². The van der Waals surface area contributed by atoms with Gasteiger partial charge in [0.25, 0.3) is 0 Å². The number of sulfonamides is 1. The molecular weight excluding hydrogens is 514 g/mol. The van der Waals surface area contributed by atoms with Crippen molar-refractivity contribution in [1.29, 1.82) is 5.26 Å². The summed E-state index contributed by atoms with van der Waals surface area (Å²) in [6.45, 7) is 1.30. The highest BCUT2D eigenvalue weighted by Gasteiger charge is 2.27. The largest absolute Gasteiger partial charge is 0.465 e. The predicted molar refractivity (Wildman–Crippen MR) is 150 cm³/mol. The van der Waals surface area contributed by atoms with Gasteiger partial charge in [-0.2, -0.15) is 5.26 Å². The number of nitriles is 1. The first-order valence-corrected chi connectivity index (χ1v) is 14.1. The highest BCUT2D eigenvalue weighted by molar-refractivity contribution is 7.92. The molecule has 200 valence electrons. The van der Waals surface area contributed by atoms with E-state index in [0.717, 1.165) is 15.4 Å². The summed E-state index contributed by atoms with van der Waals surface area (Å²) < 4.78 is 35.0. The number of benzene rings is 3. The molecule has 8 nitrogen and oxygen atoms in total. The lowest BCUT2D eigenvalue weighted by Gasteiger charge is -2.24. The van der Waals surface area contributed by atoms with Crippen LogP contribution in [0.3, 0.4) is 0 Å². The van der Waals surface area contributed by atoms with Crippen molar-refractivity contribution in [3.63, 3.8) is 0 Å². The molecule has 1 heterocycles. The molecule has 0 N–H and O–H groups in total. The normalized spacial score (nSPS) is 11.2. The van der Waals surface area contributed by atoms with Gasteiger partial charge in [-0.15, -0.1) is 0 Å². The number of Topliss-reactive ketones (excluding diaryl/α,β-unsaturated/α-hetero) is 1. The molecule has 0 aliphatic carbocycles. The Morgan fingerprint density at radius 1 is 1.00 bits per heavy atom. The average Bonchev–Trinajstić information content (AvgIpc) is 3.26. The first kappa shape index (κ1) is 27.6. The number of esters is 1. The van der Waals surface area contributed by atoms with E-state index in [2.05, 4.69) is 6.07 Å². The number of hydrogen-bond donors (Lipinski definition) is 0. The summed E-state index contributed by atoms with van der Waals surface area (Å²) in [5.41, 5.74) is 3.60. The molecule has 0 saturated heterocycles. The first-order chi connectivity index (χ1) is 18.7. The van der Waals surface area contributed by atoms with Gasteiger partial charge in [-0.3, -0.25) is 13.9 Å². The number of nitrogens with zero attached hydrogens (tertiary/aromatic N) is 3. The van der Waals surface area contributed by atoms with Crippen molar-refractivity contribution in [2.75, 3.05) is 17.5 Å². The Hall–Kier alpha value is -4.42. The first-order valence-electron chi connectivity index (χ1n) is 12.5. The van der Waals surface area contributed by atoms with E-state index >= 15 is 0 Å². The van der Waals surface area contributed by atoms with Crippen LogP contribution in [0.15, 0.2) is 79.0 Å². The summed E-state index contributed by atoms with van der Waals surface area (Å²) in [7, 11) is -2.15. The Labute approximate surface area is 228 Å². The fourth-order valence-electron chi connectivity index (χ4n) is 4.43. The van der Waals surface area contributed by atoms with Crippen molar-refractivity contribution >= 4 is 38.4 Å². The van der Waals surface area contributed by atoms with Crippen LogP contribution in [0, 0.1) is 11.3 Å². The number of carbonyl (C=O) groups is 2. The summed E-state index contributed by atoms with van der Waals surface area (Å²) in [5, 5.41) is 9.59. The van der Waals surface area contributed by atoms with Gasteiger partial charge in [-0.25, -0.2) is 8.42 Å². The smallest absolute Gasteiger partial charge is 0.326 e. The van der Waals surface area contributed by atoms with Gasteiger partial charge in [-0.05, 0) is 54.8 Å². The molecule has 0 atom stereocenters. The third kappa shape index (κ3) is 6.54. The Balaban J connectivity index is 1.67. The lowest BCUT2D eigenvalue weighted by Crippen LogP contribution is -2.37. The average molecular weight is 544 g/mol. The molecule has 0 aliphatic rings. The van der Waals surface area contributed by atoms with Gasteiger partial charge in [0.05, 0.1) is 29.7 Å². The maximum absolute atomic E-state index is 13.5. The fraction of sp³-hybridized carbons (Fsp3) is 0.233. The molecule has 0 spiro atoms. The van der Waals surface area contributed by atoms with Gasteiger partial charge in [0.2, 0.25) is 10.0 Å². The predicted octanol–water partition coefficient (Wildman–Crippen LogP) is 4.76. The van der Waals surface area contributed by atoms with Crippen LogP contribution in [0.2, 0.25) is 0 Å². The van der Waals surface area contributed by atoms with Crippen LogP contribution in [-0.4, -0.2) is 37.9 Å². The van der Waals surface area contributed by atoms with Crippen LogP contribution < -0.4 is 4.31 Å². The second-order valence-electron chi connectivity index (χ2n) is 9.14. The van der Waals surface area contributed by atoms with Gasteiger partial charge in [0.15, 0.2) is 5.78 Å². The third-order valence-corrected chi connectivity index (χ3v) is 8.10. The summed E-state index contributed by atoms with van der Waals surface area (Å²) in [5.74, 6) is -1.05. The van der Waals surface area contributed by atoms with Crippen LogP contribution in [0.5, 0.6) is 0 Å². The molecular formula is C30H29N3O5S. The molecule has 0 saturated carbocycles. The molecule has 4 aromatic rings. The van der Waals surface area contributed by atoms with E-state index in [1.54, 1.807) is 73.8 Å². The molecule has 0 radical (unpaired) electrons. The number of carbonyl (C=O) groups excluding carboxylic acids is 2. The molecule has 39 heavy (non-hydrogen) atoms. The number of aromatic nitrogens is 1. The van der Waals surface area contributed by atoms with Crippen LogP contribution in [-0.2, 0) is 38.8 Å². The summed E-state index contributed by atoms with van der Waals surface area (Å²) in [6.07, 6.45) is 2.48. The van der Waals surface area contributed by atoms with Crippen molar-refractivity contribution in [1.82, 2.24) is 4.57 Å². The van der Waals surface area contributed by atoms with E-state index in [1.807, 2.05) is 23.7 Å². The standard InChI is InChI=1S/C30H29N3O5S/c1-3-38-30(35)20-33(39(36,37)21-24-7-5-4-6-8-24)25-14-15-28-26(17-25)27(19-32(28)2)29(34)16-13-22-9-11-23(18-31)12-10-22/h4-12,14-15,17,19H,3,13,16,20-21H2,1-2H3. The molecule has 1 aromatic heterocycles. The minimum Gasteiger partial charge on any atom is -0.465 e. The molecule has 4 rings (SSSR count). The topological polar surface area (TPSA) is 109 Å². The van der Waals surface area contributed by atoms with Crippen LogP contribution in [0.4, 0.5) is 5.69 Å². The summed E-state index contributed by atoms with van der Waals surface area (Å²) in [4.78, 5) is 25.7. The SMILES string of the molecule is CCOC(=O)CN(c1ccc2c(c1)c(C(=O)CCc1ccc(C#N)cc1)cn2C)S(=O)(=O)Cc1ccccc1. The van der Waals surface area contributed by atoms with Crippen molar-refractivity contribution in [2.24, 2.45) is 7.05 Å². The van der Waals surface area contributed by atoms with E-state index in [0.29, 0.717) is 28.5 Å². The van der Waals surface area contributed by atoms with Crippen molar-refractivity contribution in [3.8, 4) is 6.07 Å². The zero-order valence-corrected chi connectivity index (χ0v) is 22.6. The Kier molecular flexibility index (Phi) is 8.47. The Bertz CT molecular complexity index is 1640. The zero-order valence-electron chi connectivity index (χ0n) is 21.8. The Morgan fingerprint density at radius 3 is 2.38 bits per heavy atom. The van der Waals surface area contributed by atoms with Gasteiger partial charge in [0.1, 0.15) is 6.54 Å². The number of anilines is 1. The van der Waals surface area contributed by atoms with E-state index in [9.17, 15) is 18.0 Å². The van der Waals surface area contributed by atoms with E-state index in [1.165, 1.54) is 0 Å². The van der Waals surface area contributed by atoms with Crippen molar-refractivity contribution in [2.45, 2.75) is 25.5 Å². The van der Waals surface area contributed by atoms with Crippen LogP contribution in [0.25, 0.3) is 10.9 Å². The minimum absolute atomic E-state index is 0.0915. The second-order valence-corrected chi connectivity index (χ2v) is 11.0. The minimum atomic E-state index is -3.97. The second kappa shape index (κ2) is 12.0. The number of ether oxygens (including phenoxy) is 1. The maximum atomic E-state index is 13.5. The van der Waals surface area contributed by atoms with Gasteiger partial charge in [0, 0.05) is 36.1 Å². The third-order valence-electron chi connectivity index (χ3n) is 6.39. The van der Waals surface area contributed by atoms with Crippen molar-refractivity contribution < 1.29 is 22.7 Å². The quantitative estimate of drug-likeness (QED) is 0.199. The molecule has 9 heteroatoms. The molecule has 0 aliphatic heterocycles. The highest BCUT2D eigenvalue weighted by atomic mass is 32.2. The highest BCUT2D eigenvalue weighted by Crippen LogP contribution is 2.30. The number of ketones is 1. The lowest BCUT2D eigenvalue weighted by atomic mass is 10.0. The monoisotopic (exact) mass is 543 g/mol.